The quantitative estimate of drug-likeness (QED) is 0.906. The van der Waals surface area contributed by atoms with Crippen molar-refractivity contribution in [3.63, 3.8) is 0 Å². The molecule has 3 nitrogen and oxygen atoms in total. The lowest BCUT2D eigenvalue weighted by Gasteiger charge is -2.13. The van der Waals surface area contributed by atoms with E-state index in [2.05, 4.69) is 15.9 Å². The van der Waals surface area contributed by atoms with Gasteiger partial charge in [-0.2, -0.15) is 0 Å². The van der Waals surface area contributed by atoms with E-state index in [0.717, 1.165) is 32.1 Å². The fourth-order valence-electron chi connectivity index (χ4n) is 2.03. The molecule has 2 aromatic rings. The maximum atomic E-state index is 6.30. The van der Waals surface area contributed by atoms with E-state index in [-0.39, 0.29) is 6.04 Å². The highest BCUT2D eigenvalue weighted by atomic mass is 79.9. The Balaban J connectivity index is 1.91. The van der Waals surface area contributed by atoms with Crippen LogP contribution in [0.4, 0.5) is 0 Å². The Morgan fingerprint density at radius 1 is 1.11 bits per heavy atom. The third-order valence-electron chi connectivity index (χ3n) is 3.03. The minimum Gasteiger partial charge on any atom is -0.490 e. The summed E-state index contributed by atoms with van der Waals surface area (Å²) >= 11 is 5.11. The van der Waals surface area contributed by atoms with Crippen LogP contribution in [0.5, 0.6) is 11.5 Å². The molecule has 5 heteroatoms. The second kappa shape index (κ2) is 5.53. The monoisotopic (exact) mass is 339 g/mol. The summed E-state index contributed by atoms with van der Waals surface area (Å²) in [6.07, 6.45) is 0.911. The van der Waals surface area contributed by atoms with Crippen LogP contribution in [-0.4, -0.2) is 13.2 Å². The summed E-state index contributed by atoms with van der Waals surface area (Å²) in [6, 6.07) is 9.86. The van der Waals surface area contributed by atoms with Gasteiger partial charge in [-0.1, -0.05) is 6.07 Å². The predicted octanol–water partition coefficient (Wildman–Crippen LogP) is 3.72. The fourth-order valence-corrected chi connectivity index (χ4v) is 3.49. The Kier molecular flexibility index (Phi) is 3.77. The molecule has 2 N–H and O–H groups in total. The first-order chi connectivity index (χ1) is 9.24. The average molecular weight is 340 g/mol. The molecule has 3 rings (SSSR count). The van der Waals surface area contributed by atoms with Gasteiger partial charge in [-0.3, -0.25) is 0 Å². The smallest absolute Gasteiger partial charge is 0.161 e. The second-order valence-electron chi connectivity index (χ2n) is 4.38. The topological polar surface area (TPSA) is 44.5 Å². The molecular formula is C14H14BrNO2S. The average Bonchev–Trinajstić information content (AvgIpc) is 2.72. The summed E-state index contributed by atoms with van der Waals surface area (Å²) in [6.45, 7) is 1.40. The molecule has 2 heterocycles. The van der Waals surface area contributed by atoms with Crippen LogP contribution in [0.15, 0.2) is 34.1 Å². The van der Waals surface area contributed by atoms with E-state index in [1.807, 2.05) is 30.3 Å². The first-order valence-electron chi connectivity index (χ1n) is 6.14. The normalized spacial score (nSPS) is 15.9. The molecular weight excluding hydrogens is 326 g/mol. The Morgan fingerprint density at radius 3 is 2.63 bits per heavy atom. The number of hydrogen-bond donors (Lipinski definition) is 1. The van der Waals surface area contributed by atoms with Gasteiger partial charge in [-0.05, 0) is 45.8 Å². The van der Waals surface area contributed by atoms with Gasteiger partial charge in [0.25, 0.3) is 0 Å². The zero-order chi connectivity index (χ0) is 13.2. The molecule has 0 bridgehead atoms. The Bertz CT molecular complexity index is 585. The number of fused-ring (bicyclic) bond motifs is 1. The third kappa shape index (κ3) is 2.78. The van der Waals surface area contributed by atoms with Crippen molar-refractivity contribution in [3.05, 3.63) is 44.6 Å². The number of rotatable bonds is 2. The summed E-state index contributed by atoms with van der Waals surface area (Å²) in [5.41, 5.74) is 7.34. The van der Waals surface area contributed by atoms with E-state index in [1.54, 1.807) is 11.3 Å². The van der Waals surface area contributed by atoms with E-state index < -0.39 is 0 Å². The summed E-state index contributed by atoms with van der Waals surface area (Å²) in [5, 5.41) is 0. The first-order valence-corrected chi connectivity index (χ1v) is 7.75. The minimum absolute atomic E-state index is 0.131. The highest BCUT2D eigenvalue weighted by molar-refractivity contribution is 9.11. The van der Waals surface area contributed by atoms with Crippen LogP contribution in [0.2, 0.25) is 0 Å². The number of hydrogen-bond acceptors (Lipinski definition) is 4. The van der Waals surface area contributed by atoms with Crippen LogP contribution >= 0.6 is 27.3 Å². The molecule has 0 fully saturated rings. The van der Waals surface area contributed by atoms with Crippen molar-refractivity contribution < 1.29 is 9.47 Å². The molecule has 1 aromatic heterocycles. The number of nitrogens with two attached hydrogens (primary N) is 1. The molecule has 19 heavy (non-hydrogen) atoms. The number of halogens is 1. The molecule has 0 saturated heterocycles. The van der Waals surface area contributed by atoms with E-state index in [9.17, 15) is 0 Å². The van der Waals surface area contributed by atoms with Crippen molar-refractivity contribution in [2.45, 2.75) is 12.5 Å². The number of ether oxygens (including phenoxy) is 2. The second-order valence-corrected chi connectivity index (χ2v) is 6.87. The van der Waals surface area contributed by atoms with Gasteiger partial charge in [-0.15, -0.1) is 11.3 Å². The summed E-state index contributed by atoms with van der Waals surface area (Å²) in [7, 11) is 0. The molecule has 1 aromatic carbocycles. The Hall–Kier alpha value is -1.04. The van der Waals surface area contributed by atoms with Gasteiger partial charge >= 0.3 is 0 Å². The van der Waals surface area contributed by atoms with E-state index in [4.69, 9.17) is 15.2 Å². The van der Waals surface area contributed by atoms with Crippen LogP contribution in [0.1, 0.15) is 22.9 Å². The van der Waals surface area contributed by atoms with Crippen molar-refractivity contribution in [2.75, 3.05) is 13.2 Å². The van der Waals surface area contributed by atoms with Crippen molar-refractivity contribution >= 4 is 27.3 Å². The van der Waals surface area contributed by atoms with Gasteiger partial charge in [0.15, 0.2) is 11.5 Å². The number of benzene rings is 1. The summed E-state index contributed by atoms with van der Waals surface area (Å²) in [4.78, 5) is 1.13. The van der Waals surface area contributed by atoms with Crippen LogP contribution in [0, 0.1) is 0 Å². The van der Waals surface area contributed by atoms with Crippen molar-refractivity contribution in [1.82, 2.24) is 0 Å². The molecule has 1 aliphatic rings. The minimum atomic E-state index is -0.131. The van der Waals surface area contributed by atoms with Crippen molar-refractivity contribution in [1.29, 1.82) is 0 Å². The summed E-state index contributed by atoms with van der Waals surface area (Å²) < 4.78 is 12.4. The third-order valence-corrected chi connectivity index (χ3v) is 4.74. The molecule has 0 saturated carbocycles. The maximum Gasteiger partial charge on any atom is 0.161 e. The molecule has 0 aliphatic carbocycles. The van der Waals surface area contributed by atoms with Gasteiger partial charge in [0.1, 0.15) is 0 Å². The fraction of sp³-hybridized carbons (Fsp3) is 0.286. The Morgan fingerprint density at radius 2 is 1.89 bits per heavy atom. The van der Waals surface area contributed by atoms with Gasteiger partial charge in [-0.25, -0.2) is 0 Å². The Labute approximate surface area is 124 Å². The maximum absolute atomic E-state index is 6.30. The number of thiophene rings is 1. The van der Waals surface area contributed by atoms with Gasteiger partial charge in [0.05, 0.1) is 23.0 Å². The van der Waals surface area contributed by atoms with Crippen LogP contribution in [0.3, 0.4) is 0 Å². The van der Waals surface area contributed by atoms with Gasteiger partial charge in [0, 0.05) is 11.3 Å². The van der Waals surface area contributed by atoms with Gasteiger partial charge in [0.2, 0.25) is 0 Å². The molecule has 100 valence electrons. The molecule has 1 atom stereocenters. The van der Waals surface area contributed by atoms with Crippen molar-refractivity contribution in [3.8, 4) is 11.5 Å². The molecule has 0 spiro atoms. The summed E-state index contributed by atoms with van der Waals surface area (Å²) in [5.74, 6) is 1.60. The highest BCUT2D eigenvalue weighted by Crippen LogP contribution is 2.35. The highest BCUT2D eigenvalue weighted by Gasteiger charge is 2.16. The van der Waals surface area contributed by atoms with Gasteiger partial charge < -0.3 is 15.2 Å². The molecule has 0 radical (unpaired) electrons. The van der Waals surface area contributed by atoms with E-state index in [1.165, 1.54) is 0 Å². The van der Waals surface area contributed by atoms with E-state index >= 15 is 0 Å². The predicted molar refractivity (Wildman–Crippen MR) is 80.1 cm³/mol. The zero-order valence-corrected chi connectivity index (χ0v) is 12.7. The van der Waals surface area contributed by atoms with Crippen LogP contribution < -0.4 is 15.2 Å². The SMILES string of the molecule is NC(c1ccc2c(c1)OCCCO2)c1ccc(Br)s1. The lowest BCUT2D eigenvalue weighted by atomic mass is 10.1. The van der Waals surface area contributed by atoms with Crippen molar-refractivity contribution in [2.24, 2.45) is 5.73 Å². The molecule has 0 amide bonds. The standard InChI is InChI=1S/C14H14BrNO2S/c15-13-5-4-12(19-13)14(16)9-2-3-10-11(8-9)18-7-1-6-17-10/h2-5,8,14H,1,6-7,16H2. The first kappa shape index (κ1) is 13.0. The van der Waals surface area contributed by atoms with E-state index in [0.29, 0.717) is 13.2 Å². The van der Waals surface area contributed by atoms with Crippen LogP contribution in [0.25, 0.3) is 0 Å². The zero-order valence-electron chi connectivity index (χ0n) is 10.3. The lowest BCUT2D eigenvalue weighted by Crippen LogP contribution is -2.10. The molecule has 1 unspecified atom stereocenters. The molecule has 1 aliphatic heterocycles. The lowest BCUT2D eigenvalue weighted by molar-refractivity contribution is 0.297. The van der Waals surface area contributed by atoms with Crippen LogP contribution in [-0.2, 0) is 0 Å². The largest absolute Gasteiger partial charge is 0.490 e.